The second-order valence-corrected chi connectivity index (χ2v) is 6.20. The van der Waals surface area contributed by atoms with Crippen LogP contribution in [0.1, 0.15) is 0 Å². The molecule has 0 amide bonds. The molecule has 0 aromatic heterocycles. The molecule has 0 unspecified atom stereocenters. The molecule has 0 saturated carbocycles. The monoisotopic (exact) mass is 210 g/mol. The van der Waals surface area contributed by atoms with E-state index in [1.807, 2.05) is 0 Å². The van der Waals surface area contributed by atoms with E-state index in [1.165, 1.54) is 0 Å². The van der Waals surface area contributed by atoms with E-state index < -0.39 is 22.2 Å². The predicted octanol–water partition coefficient (Wildman–Crippen LogP) is 1.34. The van der Waals surface area contributed by atoms with E-state index >= 15 is 0 Å². The standard InChI is InChI=1S/CF3.3CH3O.Ti/c2-1(3)4;3*1-2;/h;3*1H3;/q;3*-1;+3. The summed E-state index contributed by atoms with van der Waals surface area (Å²) in [5.41, 5.74) is 0. The predicted molar refractivity (Wildman–Crippen MR) is 27.1 cm³/mol. The van der Waals surface area contributed by atoms with Gasteiger partial charge in [0, 0.05) is 0 Å². The summed E-state index contributed by atoms with van der Waals surface area (Å²) >= 11 is -4.94. The van der Waals surface area contributed by atoms with Crippen LogP contribution < -0.4 is 0 Å². The van der Waals surface area contributed by atoms with Crippen molar-refractivity contribution >= 4 is 0 Å². The van der Waals surface area contributed by atoms with Crippen LogP contribution in [-0.2, 0) is 27.7 Å². The molecule has 0 fully saturated rings. The zero-order valence-corrected chi connectivity index (χ0v) is 7.92. The number of hydrogen-bond donors (Lipinski definition) is 0. The summed E-state index contributed by atoms with van der Waals surface area (Å²) < 4.78 is 44.4. The number of hydrogen-bond acceptors (Lipinski definition) is 3. The van der Waals surface area contributed by atoms with Crippen molar-refractivity contribution in [2.45, 2.75) is 4.48 Å². The fourth-order valence-electron chi connectivity index (χ4n) is 0.597. The second-order valence-electron chi connectivity index (χ2n) is 1.67. The van der Waals surface area contributed by atoms with Crippen LogP contribution in [0.5, 0.6) is 0 Å². The van der Waals surface area contributed by atoms with Gasteiger partial charge in [-0.15, -0.1) is 0 Å². The third kappa shape index (κ3) is 2.16. The second kappa shape index (κ2) is 3.86. The molecule has 11 heavy (non-hydrogen) atoms. The van der Waals surface area contributed by atoms with E-state index in [0.717, 1.165) is 21.3 Å². The first-order valence-electron chi connectivity index (χ1n) is 2.65. The van der Waals surface area contributed by atoms with E-state index in [9.17, 15) is 13.2 Å². The molecular weight excluding hydrogens is 201 g/mol. The Kier molecular flexibility index (Phi) is 4.00. The van der Waals surface area contributed by atoms with Gasteiger partial charge < -0.3 is 0 Å². The van der Waals surface area contributed by atoms with Crippen molar-refractivity contribution in [2.24, 2.45) is 0 Å². The van der Waals surface area contributed by atoms with E-state index in [-0.39, 0.29) is 0 Å². The van der Waals surface area contributed by atoms with Crippen LogP contribution in [0.3, 0.4) is 0 Å². The van der Waals surface area contributed by atoms with E-state index in [4.69, 9.17) is 0 Å². The Morgan fingerprint density at radius 1 is 0.909 bits per heavy atom. The van der Waals surface area contributed by atoms with Crippen molar-refractivity contribution in [3.8, 4) is 0 Å². The Bertz CT molecular complexity index is 114. The van der Waals surface area contributed by atoms with Crippen molar-refractivity contribution in [2.75, 3.05) is 21.3 Å². The van der Waals surface area contributed by atoms with Gasteiger partial charge >= 0.3 is 66.7 Å². The Morgan fingerprint density at radius 3 is 1.18 bits per heavy atom. The molecule has 0 aliphatic rings. The molecule has 68 valence electrons. The number of alkyl halides is 3. The minimum atomic E-state index is -4.94. The van der Waals surface area contributed by atoms with Gasteiger partial charge in [0.05, 0.1) is 0 Å². The van der Waals surface area contributed by atoms with Gasteiger partial charge in [0.15, 0.2) is 0 Å². The summed E-state index contributed by atoms with van der Waals surface area (Å²) in [7, 11) is 2.79. The summed E-state index contributed by atoms with van der Waals surface area (Å²) in [4.78, 5) is 0. The average molecular weight is 210 g/mol. The molecule has 3 nitrogen and oxygen atoms in total. The summed E-state index contributed by atoms with van der Waals surface area (Å²) in [6, 6.07) is 0. The average Bonchev–Trinajstić information content (AvgIpc) is 1.90. The van der Waals surface area contributed by atoms with Gasteiger partial charge in [0.2, 0.25) is 0 Å². The molecule has 0 heterocycles. The third-order valence-corrected chi connectivity index (χ3v) is 4.76. The van der Waals surface area contributed by atoms with Gasteiger partial charge in [0.25, 0.3) is 0 Å². The Hall–Kier alpha value is 0.384. The maximum atomic E-state index is 12.1. The van der Waals surface area contributed by atoms with Crippen LogP contribution in [0.2, 0.25) is 0 Å². The zero-order valence-electron chi connectivity index (χ0n) is 6.36. The molecule has 0 aromatic carbocycles. The summed E-state index contributed by atoms with van der Waals surface area (Å²) in [5.74, 6) is 0. The Morgan fingerprint density at radius 2 is 1.18 bits per heavy atom. The normalized spacial score (nSPS) is 13.6. The summed E-state index contributed by atoms with van der Waals surface area (Å²) in [5, 5.41) is 0. The molecular formula is C4H9F3O3Ti. The van der Waals surface area contributed by atoms with Gasteiger partial charge in [-0.25, -0.2) is 0 Å². The molecule has 0 saturated heterocycles. The Balaban J connectivity index is 4.54. The minimum absolute atomic E-state index is 0.931. The van der Waals surface area contributed by atoms with Crippen molar-refractivity contribution in [1.29, 1.82) is 0 Å². The van der Waals surface area contributed by atoms with Gasteiger partial charge in [-0.1, -0.05) is 0 Å². The van der Waals surface area contributed by atoms with Crippen LogP contribution in [0.4, 0.5) is 13.2 Å². The van der Waals surface area contributed by atoms with Gasteiger partial charge in [-0.3, -0.25) is 0 Å². The fraction of sp³-hybridized carbons (Fsp3) is 1.00. The van der Waals surface area contributed by atoms with Crippen molar-refractivity contribution in [1.82, 2.24) is 0 Å². The molecule has 0 aliphatic carbocycles. The van der Waals surface area contributed by atoms with Crippen LogP contribution in [0.25, 0.3) is 0 Å². The van der Waals surface area contributed by atoms with E-state index in [0.29, 0.717) is 0 Å². The molecule has 0 aliphatic heterocycles. The molecule has 0 atom stereocenters. The first-order valence-corrected chi connectivity index (χ1v) is 5.35. The van der Waals surface area contributed by atoms with Crippen LogP contribution in [0.15, 0.2) is 0 Å². The van der Waals surface area contributed by atoms with Crippen molar-refractivity contribution in [3.63, 3.8) is 0 Å². The topological polar surface area (TPSA) is 27.7 Å². The number of halogens is 3. The van der Waals surface area contributed by atoms with Gasteiger partial charge in [0.1, 0.15) is 0 Å². The molecule has 0 bridgehead atoms. The van der Waals surface area contributed by atoms with Crippen LogP contribution in [0, 0.1) is 0 Å². The maximum absolute atomic E-state index is 12.1. The first-order chi connectivity index (χ1) is 4.93. The zero-order chi connectivity index (χ0) is 9.12. The third-order valence-electron chi connectivity index (χ3n) is 1.15. The first kappa shape index (κ1) is 11.4. The fourth-order valence-corrected chi connectivity index (χ4v) is 2.46. The quantitative estimate of drug-likeness (QED) is 0.658. The van der Waals surface area contributed by atoms with E-state index in [2.05, 4.69) is 9.96 Å². The molecule has 0 rings (SSSR count). The molecule has 0 N–H and O–H groups in total. The molecule has 7 heteroatoms. The van der Waals surface area contributed by atoms with Gasteiger partial charge in [-0.05, 0) is 0 Å². The number of rotatable bonds is 3. The molecule has 0 aromatic rings. The summed E-state index contributed by atoms with van der Waals surface area (Å²) in [6.07, 6.45) is 0. The van der Waals surface area contributed by atoms with Crippen molar-refractivity contribution < 1.29 is 40.9 Å². The molecule has 0 spiro atoms. The Labute approximate surface area is 67.2 Å². The van der Waals surface area contributed by atoms with Crippen LogP contribution >= 0.6 is 0 Å². The van der Waals surface area contributed by atoms with Crippen molar-refractivity contribution in [3.05, 3.63) is 0 Å². The van der Waals surface area contributed by atoms with Crippen LogP contribution in [-0.4, -0.2) is 25.8 Å². The van der Waals surface area contributed by atoms with E-state index in [1.54, 1.807) is 0 Å². The SMILES string of the molecule is C[O][Ti]([O]C)([O]C)[C](F)(F)F. The van der Waals surface area contributed by atoms with Gasteiger partial charge in [-0.2, -0.15) is 0 Å². The molecule has 0 radical (unpaired) electrons. The summed E-state index contributed by atoms with van der Waals surface area (Å²) in [6.45, 7) is 0.